The maximum absolute atomic E-state index is 8.89. The van der Waals surface area contributed by atoms with Crippen LogP contribution in [-0.2, 0) is 0 Å². The molecule has 1 unspecified atom stereocenters. The molecule has 1 aromatic rings. The van der Waals surface area contributed by atoms with Crippen LogP contribution in [0.3, 0.4) is 0 Å². The summed E-state index contributed by atoms with van der Waals surface area (Å²) in [7, 11) is 0. The molecule has 1 N–H and O–H groups in total. The molecule has 1 heteroatoms. The molecule has 0 aliphatic carbocycles. The summed E-state index contributed by atoms with van der Waals surface area (Å²) in [5, 5.41) is 8.89. The van der Waals surface area contributed by atoms with Gasteiger partial charge in [0.25, 0.3) is 0 Å². The highest BCUT2D eigenvalue weighted by Gasteiger charge is 1.87. The normalized spacial score (nSPS) is 11.6. The van der Waals surface area contributed by atoms with Gasteiger partial charge in [-0.3, -0.25) is 0 Å². The van der Waals surface area contributed by atoms with Gasteiger partial charge in [-0.05, 0) is 26.0 Å². The number of aryl methyl sites for hydroxylation is 1. The Hall–Kier alpha value is -1.26. The monoisotopic (exact) mass is 160 g/mol. The molecule has 0 aliphatic heterocycles. The predicted molar refractivity (Wildman–Crippen MR) is 49.7 cm³/mol. The molecule has 0 saturated heterocycles. The first-order valence-electron chi connectivity index (χ1n) is 3.95. The minimum atomic E-state index is -0.550. The lowest BCUT2D eigenvalue weighted by Gasteiger charge is -1.92. The number of rotatable bonds is 0. The van der Waals surface area contributed by atoms with Crippen LogP contribution < -0.4 is 0 Å². The molecule has 0 saturated carbocycles. The quantitative estimate of drug-likeness (QED) is 0.573. The van der Waals surface area contributed by atoms with Crippen molar-refractivity contribution in [3.8, 4) is 11.8 Å². The first-order chi connectivity index (χ1) is 5.68. The first-order valence-corrected chi connectivity index (χ1v) is 3.95. The van der Waals surface area contributed by atoms with E-state index < -0.39 is 6.10 Å². The molecule has 1 rings (SSSR count). The number of aliphatic hydroxyl groups is 1. The van der Waals surface area contributed by atoms with Crippen molar-refractivity contribution in [2.75, 3.05) is 0 Å². The van der Waals surface area contributed by atoms with E-state index >= 15 is 0 Å². The van der Waals surface area contributed by atoms with Gasteiger partial charge in [-0.25, -0.2) is 0 Å². The van der Waals surface area contributed by atoms with Crippen molar-refractivity contribution in [1.82, 2.24) is 0 Å². The standard InChI is InChI=1S/C11H12O/c1-9-3-6-11(7-4-9)8-5-10(2)12/h3-4,6-7,10,12H,1-2H3. The molecule has 0 radical (unpaired) electrons. The average Bonchev–Trinajstić information content (AvgIpc) is 2.03. The summed E-state index contributed by atoms with van der Waals surface area (Å²) < 4.78 is 0. The highest BCUT2D eigenvalue weighted by atomic mass is 16.3. The Morgan fingerprint density at radius 3 is 2.33 bits per heavy atom. The van der Waals surface area contributed by atoms with Crippen molar-refractivity contribution in [2.24, 2.45) is 0 Å². The molecule has 1 atom stereocenters. The largest absolute Gasteiger partial charge is 0.381 e. The molecule has 12 heavy (non-hydrogen) atoms. The third-order valence-corrected chi connectivity index (χ3v) is 1.48. The molecule has 1 aromatic carbocycles. The second kappa shape index (κ2) is 3.94. The zero-order valence-corrected chi connectivity index (χ0v) is 7.33. The lowest BCUT2D eigenvalue weighted by Crippen LogP contribution is -1.92. The van der Waals surface area contributed by atoms with Crippen molar-refractivity contribution >= 4 is 0 Å². The van der Waals surface area contributed by atoms with Crippen molar-refractivity contribution in [1.29, 1.82) is 0 Å². The predicted octanol–water partition coefficient (Wildman–Crippen LogP) is 1.73. The van der Waals surface area contributed by atoms with Gasteiger partial charge in [0.15, 0.2) is 0 Å². The van der Waals surface area contributed by atoms with E-state index in [1.54, 1.807) is 6.92 Å². The Morgan fingerprint density at radius 2 is 1.83 bits per heavy atom. The Bertz CT molecular complexity index is 298. The molecule has 0 heterocycles. The number of hydrogen-bond donors (Lipinski definition) is 1. The molecular weight excluding hydrogens is 148 g/mol. The zero-order chi connectivity index (χ0) is 8.97. The van der Waals surface area contributed by atoms with Crippen LogP contribution in [0.15, 0.2) is 24.3 Å². The molecular formula is C11H12O. The second-order valence-electron chi connectivity index (χ2n) is 2.81. The Balaban J connectivity index is 2.79. The van der Waals surface area contributed by atoms with Crippen LogP contribution in [0.4, 0.5) is 0 Å². The molecule has 62 valence electrons. The van der Waals surface area contributed by atoms with Crippen molar-refractivity contribution in [3.63, 3.8) is 0 Å². The minimum absolute atomic E-state index is 0.550. The molecule has 0 amide bonds. The third kappa shape index (κ3) is 2.77. The molecule has 0 bridgehead atoms. The van der Waals surface area contributed by atoms with Gasteiger partial charge in [-0.1, -0.05) is 29.5 Å². The highest BCUT2D eigenvalue weighted by molar-refractivity contribution is 5.36. The fourth-order valence-corrected chi connectivity index (χ4v) is 0.825. The van der Waals surface area contributed by atoms with Crippen molar-refractivity contribution in [2.45, 2.75) is 20.0 Å². The molecule has 0 aromatic heterocycles. The lowest BCUT2D eigenvalue weighted by atomic mass is 10.1. The van der Waals surface area contributed by atoms with Gasteiger partial charge in [0, 0.05) is 5.56 Å². The summed E-state index contributed by atoms with van der Waals surface area (Å²) in [6.07, 6.45) is -0.550. The van der Waals surface area contributed by atoms with Gasteiger partial charge in [0.1, 0.15) is 6.10 Å². The van der Waals surface area contributed by atoms with Crippen LogP contribution in [0.1, 0.15) is 18.1 Å². The Morgan fingerprint density at radius 1 is 1.25 bits per heavy atom. The van der Waals surface area contributed by atoms with Crippen LogP contribution in [0.25, 0.3) is 0 Å². The van der Waals surface area contributed by atoms with Gasteiger partial charge in [0.05, 0.1) is 0 Å². The van der Waals surface area contributed by atoms with Crippen LogP contribution >= 0.6 is 0 Å². The summed E-state index contributed by atoms with van der Waals surface area (Å²) in [4.78, 5) is 0. The fraction of sp³-hybridized carbons (Fsp3) is 0.273. The van der Waals surface area contributed by atoms with Crippen molar-refractivity contribution in [3.05, 3.63) is 35.4 Å². The van der Waals surface area contributed by atoms with E-state index in [0.29, 0.717) is 0 Å². The van der Waals surface area contributed by atoms with Gasteiger partial charge >= 0.3 is 0 Å². The summed E-state index contributed by atoms with van der Waals surface area (Å²) in [5.41, 5.74) is 2.17. The van der Waals surface area contributed by atoms with E-state index in [2.05, 4.69) is 11.8 Å². The smallest absolute Gasteiger partial charge is 0.112 e. The molecule has 0 fully saturated rings. The Kier molecular flexibility index (Phi) is 2.90. The van der Waals surface area contributed by atoms with Crippen LogP contribution in [0.5, 0.6) is 0 Å². The van der Waals surface area contributed by atoms with Crippen LogP contribution in [-0.4, -0.2) is 11.2 Å². The van der Waals surface area contributed by atoms with E-state index in [9.17, 15) is 0 Å². The third-order valence-electron chi connectivity index (χ3n) is 1.48. The number of benzene rings is 1. The topological polar surface area (TPSA) is 20.2 Å². The minimum Gasteiger partial charge on any atom is -0.381 e. The van der Waals surface area contributed by atoms with Crippen molar-refractivity contribution < 1.29 is 5.11 Å². The highest BCUT2D eigenvalue weighted by Crippen LogP contribution is 2.00. The van der Waals surface area contributed by atoms with Gasteiger partial charge in [0.2, 0.25) is 0 Å². The summed E-state index contributed by atoms with van der Waals surface area (Å²) >= 11 is 0. The Labute approximate surface area is 73.0 Å². The van der Waals surface area contributed by atoms with Crippen LogP contribution in [0, 0.1) is 18.8 Å². The lowest BCUT2D eigenvalue weighted by molar-refractivity contribution is 0.253. The number of hydrogen-bond acceptors (Lipinski definition) is 1. The van der Waals surface area contributed by atoms with E-state index in [0.717, 1.165) is 5.56 Å². The maximum Gasteiger partial charge on any atom is 0.112 e. The summed E-state index contributed by atoms with van der Waals surface area (Å²) in [6, 6.07) is 7.91. The maximum atomic E-state index is 8.89. The van der Waals surface area contributed by atoms with Gasteiger partial charge < -0.3 is 5.11 Å². The average molecular weight is 160 g/mol. The summed E-state index contributed by atoms with van der Waals surface area (Å²) in [6.45, 7) is 3.69. The van der Waals surface area contributed by atoms with Gasteiger partial charge in [-0.2, -0.15) is 0 Å². The van der Waals surface area contributed by atoms with Crippen LogP contribution in [0.2, 0.25) is 0 Å². The number of aliphatic hydroxyl groups excluding tert-OH is 1. The SMILES string of the molecule is Cc1ccc(C#CC(C)O)cc1. The molecule has 0 aliphatic rings. The summed E-state index contributed by atoms with van der Waals surface area (Å²) in [5.74, 6) is 5.56. The van der Waals surface area contributed by atoms with E-state index in [1.165, 1.54) is 5.56 Å². The van der Waals surface area contributed by atoms with E-state index in [4.69, 9.17) is 5.11 Å². The molecule has 1 nitrogen and oxygen atoms in total. The first kappa shape index (κ1) is 8.83. The van der Waals surface area contributed by atoms with E-state index in [1.807, 2.05) is 31.2 Å². The second-order valence-corrected chi connectivity index (χ2v) is 2.81. The van der Waals surface area contributed by atoms with E-state index in [-0.39, 0.29) is 0 Å². The van der Waals surface area contributed by atoms with Gasteiger partial charge in [-0.15, -0.1) is 0 Å². The molecule has 0 spiro atoms. The zero-order valence-electron chi connectivity index (χ0n) is 7.33. The fourth-order valence-electron chi connectivity index (χ4n) is 0.825.